The van der Waals surface area contributed by atoms with Gasteiger partial charge in [-0.05, 0) is 25.5 Å². The molecule has 0 aliphatic carbocycles. The Kier molecular flexibility index (Phi) is 4.99. The van der Waals surface area contributed by atoms with Crippen LogP contribution in [-0.4, -0.2) is 66.4 Å². The quantitative estimate of drug-likeness (QED) is 0.623. The van der Waals surface area contributed by atoms with Gasteiger partial charge in [-0.1, -0.05) is 6.92 Å². The molecule has 2 aliphatic heterocycles. The fourth-order valence-electron chi connectivity index (χ4n) is 3.48. The number of amides is 1. The number of non-ortho nitro benzene ring substituents is 1. The van der Waals surface area contributed by atoms with Gasteiger partial charge in [0, 0.05) is 51.4 Å². The predicted octanol–water partition coefficient (Wildman–Crippen LogP) is 1.97. The molecule has 0 bridgehead atoms. The lowest BCUT2D eigenvalue weighted by Gasteiger charge is -2.34. The zero-order chi connectivity index (χ0) is 17.1. The van der Waals surface area contributed by atoms with Gasteiger partial charge in [-0.15, -0.1) is 0 Å². The Balaban J connectivity index is 1.87. The van der Waals surface area contributed by atoms with E-state index in [9.17, 15) is 14.9 Å². The third-order valence-electron chi connectivity index (χ3n) is 4.97. The van der Waals surface area contributed by atoms with Crippen molar-refractivity contribution in [1.29, 1.82) is 0 Å². The highest BCUT2D eigenvalue weighted by Gasteiger charge is 2.27. The summed E-state index contributed by atoms with van der Waals surface area (Å²) in [5.74, 6) is -0.0867. The Bertz CT molecular complexity index is 620. The van der Waals surface area contributed by atoms with Gasteiger partial charge in [0.15, 0.2) is 0 Å². The molecule has 0 radical (unpaired) electrons. The molecule has 0 unspecified atom stereocenters. The van der Waals surface area contributed by atoms with Crippen molar-refractivity contribution in [1.82, 2.24) is 9.80 Å². The van der Waals surface area contributed by atoms with Gasteiger partial charge in [0.25, 0.3) is 11.6 Å². The highest BCUT2D eigenvalue weighted by Crippen LogP contribution is 2.29. The number of carbonyl (C=O) groups is 1. The molecule has 1 aromatic carbocycles. The van der Waals surface area contributed by atoms with Crippen LogP contribution in [0.25, 0.3) is 0 Å². The van der Waals surface area contributed by atoms with Crippen molar-refractivity contribution >= 4 is 17.3 Å². The largest absolute Gasteiger partial charge is 0.371 e. The van der Waals surface area contributed by atoms with E-state index in [2.05, 4.69) is 16.7 Å². The summed E-state index contributed by atoms with van der Waals surface area (Å²) in [6, 6.07) is 4.68. The fraction of sp³-hybridized carbons (Fsp3) is 0.588. The summed E-state index contributed by atoms with van der Waals surface area (Å²) in [6.07, 6.45) is 2.19. The Hall–Kier alpha value is -2.15. The topological polar surface area (TPSA) is 69.9 Å². The van der Waals surface area contributed by atoms with Crippen LogP contribution in [0.3, 0.4) is 0 Å². The zero-order valence-electron chi connectivity index (χ0n) is 14.1. The van der Waals surface area contributed by atoms with Crippen molar-refractivity contribution in [2.24, 2.45) is 0 Å². The van der Waals surface area contributed by atoms with Crippen molar-refractivity contribution in [3.8, 4) is 0 Å². The molecular formula is C17H24N4O3. The van der Waals surface area contributed by atoms with Crippen molar-refractivity contribution in [3.05, 3.63) is 33.9 Å². The van der Waals surface area contributed by atoms with Gasteiger partial charge in [0.1, 0.15) is 0 Å². The van der Waals surface area contributed by atoms with Gasteiger partial charge in [0.2, 0.25) is 0 Å². The van der Waals surface area contributed by atoms with Crippen LogP contribution >= 0.6 is 0 Å². The second-order valence-corrected chi connectivity index (χ2v) is 6.38. The van der Waals surface area contributed by atoms with Crippen LogP contribution in [0, 0.1) is 10.1 Å². The summed E-state index contributed by atoms with van der Waals surface area (Å²) in [7, 11) is 0. The number of hydrogen-bond donors (Lipinski definition) is 0. The molecule has 2 saturated heterocycles. The minimum absolute atomic E-state index is 0.0199. The second kappa shape index (κ2) is 7.17. The maximum Gasteiger partial charge on any atom is 0.270 e. The van der Waals surface area contributed by atoms with Gasteiger partial charge in [-0.3, -0.25) is 14.9 Å². The van der Waals surface area contributed by atoms with Gasteiger partial charge in [-0.25, -0.2) is 0 Å². The first kappa shape index (κ1) is 16.7. The van der Waals surface area contributed by atoms with Crippen molar-refractivity contribution in [2.45, 2.75) is 19.8 Å². The SMILES string of the molecule is CCN1CCN(C(=O)c2cc([N+](=O)[O-])ccc2N2CCCC2)CC1. The molecule has 2 heterocycles. The lowest BCUT2D eigenvalue weighted by molar-refractivity contribution is -0.384. The Morgan fingerprint density at radius 2 is 1.79 bits per heavy atom. The highest BCUT2D eigenvalue weighted by atomic mass is 16.6. The first-order chi connectivity index (χ1) is 11.6. The van der Waals surface area contributed by atoms with Gasteiger partial charge in [0.05, 0.1) is 16.2 Å². The standard InChI is InChI=1S/C17H24N4O3/c1-2-18-9-11-20(12-10-18)17(22)15-13-14(21(23)24)5-6-16(15)19-7-3-4-8-19/h5-6,13H,2-4,7-12H2,1H3. The van der Waals surface area contributed by atoms with Crippen molar-refractivity contribution in [3.63, 3.8) is 0 Å². The lowest BCUT2D eigenvalue weighted by Crippen LogP contribution is -2.48. The van der Waals surface area contributed by atoms with Crippen molar-refractivity contribution in [2.75, 3.05) is 50.7 Å². The third kappa shape index (κ3) is 3.36. The number of nitro benzene ring substituents is 1. The molecular weight excluding hydrogens is 308 g/mol. The van der Waals surface area contributed by atoms with Gasteiger partial charge < -0.3 is 14.7 Å². The van der Waals surface area contributed by atoms with E-state index in [4.69, 9.17) is 0 Å². The van der Waals surface area contributed by atoms with Crippen LogP contribution in [0.5, 0.6) is 0 Å². The summed E-state index contributed by atoms with van der Waals surface area (Å²) < 4.78 is 0. The van der Waals surface area contributed by atoms with Crippen LogP contribution in [0.15, 0.2) is 18.2 Å². The molecule has 2 aliphatic rings. The molecule has 3 rings (SSSR count). The van der Waals surface area contributed by atoms with Crippen LogP contribution in [0.1, 0.15) is 30.1 Å². The maximum absolute atomic E-state index is 13.0. The van der Waals surface area contributed by atoms with E-state index in [1.807, 2.05) is 4.90 Å². The number of anilines is 1. The van der Waals surface area contributed by atoms with Crippen LogP contribution in [-0.2, 0) is 0 Å². The number of nitro groups is 1. The van der Waals surface area contributed by atoms with E-state index in [-0.39, 0.29) is 11.6 Å². The second-order valence-electron chi connectivity index (χ2n) is 6.38. The number of hydrogen-bond acceptors (Lipinski definition) is 5. The van der Waals surface area contributed by atoms with Gasteiger partial charge in [-0.2, -0.15) is 0 Å². The molecule has 7 nitrogen and oxygen atoms in total. The minimum Gasteiger partial charge on any atom is -0.371 e. The lowest BCUT2D eigenvalue weighted by atomic mass is 10.1. The summed E-state index contributed by atoms with van der Waals surface area (Å²) >= 11 is 0. The summed E-state index contributed by atoms with van der Waals surface area (Å²) in [4.78, 5) is 30.0. The summed E-state index contributed by atoms with van der Waals surface area (Å²) in [5.41, 5.74) is 1.28. The Labute approximate surface area is 142 Å². The number of carbonyl (C=O) groups excluding carboxylic acids is 1. The monoisotopic (exact) mass is 332 g/mol. The van der Waals surface area contributed by atoms with Crippen LogP contribution in [0.4, 0.5) is 11.4 Å². The number of likely N-dealkylation sites (N-methyl/N-ethyl adjacent to an activating group) is 1. The van der Waals surface area contributed by atoms with Gasteiger partial charge >= 0.3 is 0 Å². The zero-order valence-corrected chi connectivity index (χ0v) is 14.1. The molecule has 0 N–H and O–H groups in total. The molecule has 0 spiro atoms. The minimum atomic E-state index is -0.431. The number of rotatable bonds is 4. The number of benzene rings is 1. The molecule has 0 aromatic heterocycles. The van der Waals surface area contributed by atoms with E-state index in [1.165, 1.54) is 12.1 Å². The fourth-order valence-corrected chi connectivity index (χ4v) is 3.48. The molecule has 130 valence electrons. The molecule has 24 heavy (non-hydrogen) atoms. The molecule has 1 aromatic rings. The smallest absolute Gasteiger partial charge is 0.270 e. The van der Waals surface area contributed by atoms with Crippen LogP contribution < -0.4 is 4.90 Å². The number of nitrogens with zero attached hydrogens (tertiary/aromatic N) is 4. The van der Waals surface area contributed by atoms with E-state index in [0.717, 1.165) is 51.3 Å². The first-order valence-corrected chi connectivity index (χ1v) is 8.65. The molecule has 2 fully saturated rings. The highest BCUT2D eigenvalue weighted by molar-refractivity contribution is 6.00. The van der Waals surface area contributed by atoms with Crippen LogP contribution in [0.2, 0.25) is 0 Å². The third-order valence-corrected chi connectivity index (χ3v) is 4.97. The van der Waals surface area contributed by atoms with Crippen molar-refractivity contribution < 1.29 is 9.72 Å². The molecule has 1 amide bonds. The first-order valence-electron chi connectivity index (χ1n) is 8.65. The predicted molar refractivity (Wildman–Crippen MR) is 92.6 cm³/mol. The van der Waals surface area contributed by atoms with E-state index in [1.54, 1.807) is 6.07 Å². The van der Waals surface area contributed by atoms with E-state index in [0.29, 0.717) is 18.7 Å². The summed E-state index contributed by atoms with van der Waals surface area (Å²) in [6.45, 7) is 7.97. The molecule has 7 heteroatoms. The normalized spacial score (nSPS) is 18.9. The van der Waals surface area contributed by atoms with E-state index < -0.39 is 4.92 Å². The molecule has 0 atom stereocenters. The Morgan fingerprint density at radius 1 is 1.12 bits per heavy atom. The molecule has 0 saturated carbocycles. The summed E-state index contributed by atoms with van der Waals surface area (Å²) in [5, 5.41) is 11.1. The average molecular weight is 332 g/mol. The number of piperazine rings is 1. The Morgan fingerprint density at radius 3 is 2.38 bits per heavy atom. The maximum atomic E-state index is 13.0. The van der Waals surface area contributed by atoms with E-state index >= 15 is 0 Å². The average Bonchev–Trinajstić information content (AvgIpc) is 3.15.